The lowest BCUT2D eigenvalue weighted by atomic mass is 9.95. The Balaban J connectivity index is 1.33. The number of aliphatic imine (C=N–C) groups is 2. The Kier molecular flexibility index (Phi) is 9.28. The summed E-state index contributed by atoms with van der Waals surface area (Å²) in [5.74, 6) is 6.76. The molecule has 0 amide bonds. The topological polar surface area (TPSA) is 24.7 Å². The molecule has 0 unspecified atom stereocenters. The third-order valence-electron chi connectivity index (χ3n) is 7.46. The monoisotopic (exact) mass is 564 g/mol. The van der Waals surface area contributed by atoms with E-state index >= 15 is 0 Å². The molecule has 0 heterocycles. The molecule has 0 fully saturated rings. The van der Waals surface area contributed by atoms with E-state index in [0.29, 0.717) is 13.1 Å². The molecule has 2 nitrogen and oxygen atoms in total. The maximum absolute atomic E-state index is 4.84. The van der Waals surface area contributed by atoms with Gasteiger partial charge in [0.15, 0.2) is 0 Å². The third kappa shape index (κ3) is 6.98. The first-order valence-corrected chi connectivity index (χ1v) is 14.8. The molecule has 0 atom stereocenters. The first-order chi connectivity index (χ1) is 21.9. The average molecular weight is 565 g/mol. The highest BCUT2D eigenvalue weighted by Crippen LogP contribution is 2.29. The summed E-state index contributed by atoms with van der Waals surface area (Å²) < 4.78 is 0. The fraction of sp³-hybridized carbons (Fsp3) is 0.0476. The number of benzene rings is 6. The van der Waals surface area contributed by atoms with Crippen molar-refractivity contribution in [3.63, 3.8) is 0 Å². The van der Waals surface area contributed by atoms with Gasteiger partial charge in [-0.15, -0.1) is 0 Å². The van der Waals surface area contributed by atoms with Crippen molar-refractivity contribution in [2.24, 2.45) is 9.98 Å². The highest BCUT2D eigenvalue weighted by atomic mass is 14.7. The van der Waals surface area contributed by atoms with Crippen LogP contribution in [-0.4, -0.2) is 11.7 Å². The van der Waals surface area contributed by atoms with Crippen LogP contribution < -0.4 is 0 Å². The van der Waals surface area contributed by atoms with Crippen molar-refractivity contribution in [3.05, 3.63) is 203 Å². The molecule has 0 spiro atoms. The van der Waals surface area contributed by atoms with Crippen molar-refractivity contribution in [3.8, 4) is 11.1 Å². The molecule has 0 radical (unpaired) electrons. The molecule has 2 heteroatoms. The summed E-state index contributed by atoms with van der Waals surface area (Å²) >= 11 is 0. The van der Waals surface area contributed by atoms with Crippen molar-refractivity contribution < 1.29 is 0 Å². The quantitative estimate of drug-likeness (QED) is 0.156. The molecular weight excluding hydrogens is 532 g/mol. The van der Waals surface area contributed by atoms with Crippen LogP contribution in [0.3, 0.4) is 0 Å². The van der Waals surface area contributed by atoms with E-state index in [-0.39, 0.29) is 0 Å². The Morgan fingerprint density at radius 3 is 0.932 bits per heavy atom. The smallest absolute Gasteiger partial charge is 0.0740 e. The Morgan fingerprint density at radius 2 is 0.614 bits per heavy atom. The standard InChI is InChI=1S/C42H32N2/c1-5-17-33(18-6-1)41(34-19-7-2-8-20-34)31-43-29-37-25-13-15-27-39(37)40-28-16-14-26-38(40)30-44-32-42(35-21-9-3-10-22-35)36-23-11-4-12-24-36/h1-28H,29-30H2. The molecule has 0 N–H and O–H groups in total. The van der Waals surface area contributed by atoms with Crippen molar-refractivity contribution in [1.82, 2.24) is 0 Å². The molecule has 0 bridgehead atoms. The van der Waals surface area contributed by atoms with Crippen molar-refractivity contribution in [2.45, 2.75) is 13.1 Å². The number of nitrogens with zero attached hydrogens (tertiary/aromatic N) is 2. The highest BCUT2D eigenvalue weighted by molar-refractivity contribution is 5.99. The van der Waals surface area contributed by atoms with Gasteiger partial charge < -0.3 is 0 Å². The van der Waals surface area contributed by atoms with Gasteiger partial charge in [0, 0.05) is 0 Å². The second-order valence-corrected chi connectivity index (χ2v) is 10.4. The molecule has 6 aromatic carbocycles. The Labute approximate surface area is 259 Å². The minimum absolute atomic E-state index is 0.517. The van der Waals surface area contributed by atoms with E-state index in [1.807, 2.05) is 72.8 Å². The lowest BCUT2D eigenvalue weighted by Gasteiger charge is -2.11. The summed E-state index contributed by atoms with van der Waals surface area (Å²) in [5.41, 5.74) is 10.9. The maximum atomic E-state index is 4.84. The summed E-state index contributed by atoms with van der Waals surface area (Å²) in [6.07, 6.45) is 0. The van der Waals surface area contributed by atoms with Crippen LogP contribution in [0.1, 0.15) is 33.4 Å². The van der Waals surface area contributed by atoms with Gasteiger partial charge in [-0.2, -0.15) is 0 Å². The van der Waals surface area contributed by atoms with E-state index < -0.39 is 0 Å². The van der Waals surface area contributed by atoms with Crippen LogP contribution in [0.5, 0.6) is 0 Å². The van der Waals surface area contributed by atoms with E-state index in [1.165, 1.54) is 0 Å². The zero-order valence-electron chi connectivity index (χ0n) is 24.5. The molecular formula is C42H32N2. The molecule has 0 aliphatic heterocycles. The largest absolute Gasteiger partial charge is 0.238 e. The van der Waals surface area contributed by atoms with Crippen molar-refractivity contribution in [1.29, 1.82) is 0 Å². The minimum atomic E-state index is 0.517. The molecule has 0 aliphatic carbocycles. The average Bonchev–Trinajstić information content (AvgIpc) is 3.10. The van der Waals surface area contributed by atoms with E-state index in [2.05, 4.69) is 109 Å². The highest BCUT2D eigenvalue weighted by Gasteiger charge is 2.10. The van der Waals surface area contributed by atoms with Gasteiger partial charge in [0.25, 0.3) is 0 Å². The van der Waals surface area contributed by atoms with E-state index in [4.69, 9.17) is 9.98 Å². The lowest BCUT2D eigenvalue weighted by molar-refractivity contribution is 1.06. The van der Waals surface area contributed by atoms with Gasteiger partial charge in [-0.05, 0) is 56.2 Å². The Bertz CT molecular complexity index is 1720. The first-order valence-electron chi connectivity index (χ1n) is 14.8. The SMILES string of the molecule is C(=NCc1ccccc1-c1ccccc1CN=C=C(c1ccccc1)c1ccccc1)=C(c1ccccc1)c1ccccc1. The summed E-state index contributed by atoms with van der Waals surface area (Å²) in [6, 6.07) is 58.3. The van der Waals surface area contributed by atoms with Crippen LogP contribution in [0.25, 0.3) is 22.3 Å². The second-order valence-electron chi connectivity index (χ2n) is 10.4. The van der Waals surface area contributed by atoms with Gasteiger partial charge in [0.2, 0.25) is 0 Å². The number of hydrogen-bond acceptors (Lipinski definition) is 2. The summed E-state index contributed by atoms with van der Waals surface area (Å²) in [5, 5.41) is 0. The van der Waals surface area contributed by atoms with E-state index in [0.717, 1.165) is 55.7 Å². The fourth-order valence-electron chi connectivity index (χ4n) is 5.26. The van der Waals surface area contributed by atoms with Crippen LogP contribution >= 0.6 is 0 Å². The van der Waals surface area contributed by atoms with Crippen molar-refractivity contribution >= 4 is 22.9 Å². The van der Waals surface area contributed by atoms with Crippen LogP contribution in [0.4, 0.5) is 0 Å². The van der Waals surface area contributed by atoms with E-state index in [1.54, 1.807) is 0 Å². The predicted molar refractivity (Wildman–Crippen MR) is 185 cm³/mol. The Morgan fingerprint density at radius 1 is 0.341 bits per heavy atom. The minimum Gasteiger partial charge on any atom is -0.238 e. The number of hydrogen-bond donors (Lipinski definition) is 0. The van der Waals surface area contributed by atoms with E-state index in [9.17, 15) is 0 Å². The number of rotatable bonds is 9. The van der Waals surface area contributed by atoms with Gasteiger partial charge in [-0.25, -0.2) is 9.98 Å². The van der Waals surface area contributed by atoms with Gasteiger partial charge >= 0.3 is 0 Å². The molecule has 0 aliphatic rings. The molecule has 6 aromatic rings. The van der Waals surface area contributed by atoms with Gasteiger partial charge in [-0.3, -0.25) is 0 Å². The molecule has 44 heavy (non-hydrogen) atoms. The zero-order chi connectivity index (χ0) is 29.8. The zero-order valence-corrected chi connectivity index (χ0v) is 24.5. The first kappa shape index (κ1) is 28.3. The summed E-state index contributed by atoms with van der Waals surface area (Å²) in [6.45, 7) is 1.03. The van der Waals surface area contributed by atoms with Crippen molar-refractivity contribution in [2.75, 3.05) is 0 Å². The predicted octanol–water partition coefficient (Wildman–Crippen LogP) is 9.96. The van der Waals surface area contributed by atoms with Crippen LogP contribution in [-0.2, 0) is 13.1 Å². The van der Waals surface area contributed by atoms with Gasteiger partial charge in [-0.1, -0.05) is 170 Å². The second kappa shape index (κ2) is 14.4. The molecule has 0 saturated heterocycles. The van der Waals surface area contributed by atoms with Gasteiger partial charge in [0.1, 0.15) is 0 Å². The maximum Gasteiger partial charge on any atom is 0.0740 e. The third-order valence-corrected chi connectivity index (χ3v) is 7.46. The Hall–Kier alpha value is -5.78. The lowest BCUT2D eigenvalue weighted by Crippen LogP contribution is -1.94. The fourth-order valence-corrected chi connectivity index (χ4v) is 5.26. The van der Waals surface area contributed by atoms with Gasteiger partial charge in [0.05, 0.1) is 24.2 Å². The molecule has 6 rings (SSSR count). The van der Waals surface area contributed by atoms with Crippen LogP contribution in [0.2, 0.25) is 0 Å². The molecule has 210 valence electrons. The molecule has 0 aromatic heterocycles. The molecule has 0 saturated carbocycles. The van der Waals surface area contributed by atoms with Crippen LogP contribution in [0, 0.1) is 0 Å². The normalized spacial score (nSPS) is 10.3. The van der Waals surface area contributed by atoms with Crippen LogP contribution in [0.15, 0.2) is 180 Å². The summed E-state index contributed by atoms with van der Waals surface area (Å²) in [7, 11) is 0. The summed E-state index contributed by atoms with van der Waals surface area (Å²) in [4.78, 5) is 9.67.